The number of amides is 1. The Kier molecular flexibility index (Phi) is 7.98. The number of carbonyl (C=O) groups excluding carboxylic acids is 1. The van der Waals surface area contributed by atoms with Crippen LogP contribution in [-0.2, 0) is 21.4 Å². The largest absolute Gasteiger partial charge is 0.355 e. The van der Waals surface area contributed by atoms with Gasteiger partial charge in [0.15, 0.2) is 0 Å². The van der Waals surface area contributed by atoms with Gasteiger partial charge in [0, 0.05) is 32.7 Å². The van der Waals surface area contributed by atoms with Gasteiger partial charge < -0.3 is 10.2 Å². The number of aromatic nitrogens is 3. The lowest BCUT2D eigenvalue weighted by molar-refractivity contribution is -0.126. The van der Waals surface area contributed by atoms with Gasteiger partial charge in [-0.1, -0.05) is 25.0 Å². The quantitative estimate of drug-likeness (QED) is 0.627. The van der Waals surface area contributed by atoms with Crippen LogP contribution in [-0.4, -0.2) is 77.8 Å². The maximum Gasteiger partial charge on any atom is 0.243 e. The monoisotopic (exact) mass is 476 g/mol. The van der Waals surface area contributed by atoms with E-state index in [9.17, 15) is 13.2 Å². The number of likely N-dealkylation sites (tertiary alicyclic amines) is 1. The molecule has 1 N–H and O–H groups in total. The summed E-state index contributed by atoms with van der Waals surface area (Å²) in [6.07, 6.45) is 7.35. The third kappa shape index (κ3) is 5.73. The van der Waals surface area contributed by atoms with Gasteiger partial charge in [-0.2, -0.15) is 4.31 Å². The van der Waals surface area contributed by atoms with Crippen LogP contribution in [0.1, 0.15) is 51.9 Å². The van der Waals surface area contributed by atoms with Gasteiger partial charge in [-0.05, 0) is 63.4 Å². The van der Waals surface area contributed by atoms with E-state index in [0.717, 1.165) is 38.1 Å². The molecule has 10 heteroatoms. The van der Waals surface area contributed by atoms with E-state index in [1.807, 2.05) is 0 Å². The minimum Gasteiger partial charge on any atom is -0.355 e. The Labute approximate surface area is 196 Å². The van der Waals surface area contributed by atoms with Crippen molar-refractivity contribution in [3.05, 3.63) is 18.2 Å². The number of nitrogens with zero attached hydrogens (tertiary/aromatic N) is 5. The Morgan fingerprint density at radius 3 is 2.64 bits per heavy atom. The first-order valence-corrected chi connectivity index (χ1v) is 13.8. The molecule has 0 saturated carbocycles. The summed E-state index contributed by atoms with van der Waals surface area (Å²) in [6.45, 7) is 7.13. The average Bonchev–Trinajstić information content (AvgIpc) is 3.04. The van der Waals surface area contributed by atoms with Crippen LogP contribution in [0.4, 0.5) is 0 Å². The Morgan fingerprint density at radius 1 is 1.09 bits per heavy atom. The highest BCUT2D eigenvalue weighted by atomic mass is 32.2. The van der Waals surface area contributed by atoms with Crippen molar-refractivity contribution in [2.75, 3.05) is 39.3 Å². The number of rotatable bonds is 8. The van der Waals surface area contributed by atoms with Crippen molar-refractivity contribution >= 4 is 27.0 Å². The molecule has 1 atom stereocenters. The molecule has 2 aromatic rings. The van der Waals surface area contributed by atoms with Crippen molar-refractivity contribution < 1.29 is 13.2 Å². The molecule has 2 saturated heterocycles. The molecule has 1 amide bonds. The first-order valence-electron chi connectivity index (χ1n) is 12.3. The van der Waals surface area contributed by atoms with Gasteiger partial charge in [-0.25, -0.2) is 13.1 Å². The Hall–Kier alpha value is -2.04. The smallest absolute Gasteiger partial charge is 0.243 e. The van der Waals surface area contributed by atoms with E-state index in [1.54, 1.807) is 22.9 Å². The fourth-order valence-electron chi connectivity index (χ4n) is 4.85. The van der Waals surface area contributed by atoms with Crippen LogP contribution in [0.25, 0.3) is 11.0 Å². The van der Waals surface area contributed by atoms with E-state index in [1.165, 1.54) is 30.0 Å². The van der Waals surface area contributed by atoms with Crippen LogP contribution < -0.4 is 5.32 Å². The van der Waals surface area contributed by atoms with Crippen molar-refractivity contribution in [3.63, 3.8) is 0 Å². The molecule has 2 aliphatic heterocycles. The fraction of sp³-hybridized carbons (Fsp3) is 0.696. The summed E-state index contributed by atoms with van der Waals surface area (Å²) >= 11 is 0. The molecule has 3 heterocycles. The van der Waals surface area contributed by atoms with Gasteiger partial charge in [0.25, 0.3) is 0 Å². The lowest BCUT2D eigenvalue weighted by Crippen LogP contribution is -2.46. The summed E-state index contributed by atoms with van der Waals surface area (Å²) in [6, 6.07) is 4.99. The van der Waals surface area contributed by atoms with Crippen LogP contribution in [0.3, 0.4) is 0 Å². The summed E-state index contributed by atoms with van der Waals surface area (Å²) < 4.78 is 29.9. The molecule has 0 radical (unpaired) electrons. The van der Waals surface area contributed by atoms with Gasteiger partial charge in [-0.3, -0.25) is 4.79 Å². The third-order valence-electron chi connectivity index (χ3n) is 6.74. The number of hydrogen-bond acceptors (Lipinski definition) is 6. The van der Waals surface area contributed by atoms with Gasteiger partial charge >= 0.3 is 0 Å². The van der Waals surface area contributed by atoms with E-state index in [0.29, 0.717) is 31.4 Å². The number of piperidine rings is 1. The standard InChI is InChI=1S/C23H36N6O3S/c1-2-12-29-22-10-9-20(17-21(22)25-26-29)33(31,32)28-15-7-8-19(18-28)23(30)24-11-16-27-13-5-3-4-6-14-27/h9-10,17,19H,2-8,11-16,18H2,1H3,(H,24,30)/t19-/m0/s1. The minimum atomic E-state index is -3.70. The molecule has 9 nitrogen and oxygen atoms in total. The summed E-state index contributed by atoms with van der Waals surface area (Å²) in [5, 5.41) is 11.3. The topological polar surface area (TPSA) is 100 Å². The minimum absolute atomic E-state index is 0.0392. The van der Waals surface area contributed by atoms with Crippen molar-refractivity contribution in [1.82, 2.24) is 29.5 Å². The summed E-state index contributed by atoms with van der Waals surface area (Å²) in [4.78, 5) is 15.4. The maximum atomic E-state index is 13.3. The Morgan fingerprint density at radius 2 is 1.88 bits per heavy atom. The second-order valence-corrected chi connectivity index (χ2v) is 11.2. The molecule has 4 rings (SSSR count). The number of aryl methyl sites for hydroxylation is 1. The maximum absolute atomic E-state index is 13.3. The molecule has 33 heavy (non-hydrogen) atoms. The van der Waals surface area contributed by atoms with Crippen LogP contribution in [0.2, 0.25) is 0 Å². The first kappa shape index (κ1) is 24.1. The molecule has 0 bridgehead atoms. The number of hydrogen-bond donors (Lipinski definition) is 1. The predicted octanol–water partition coefficient (Wildman–Crippen LogP) is 2.23. The van der Waals surface area contributed by atoms with Crippen molar-refractivity contribution in [2.45, 2.75) is 63.3 Å². The van der Waals surface area contributed by atoms with Crippen LogP contribution in [0, 0.1) is 5.92 Å². The summed E-state index contributed by atoms with van der Waals surface area (Å²) in [5.41, 5.74) is 1.40. The molecule has 182 valence electrons. The van der Waals surface area contributed by atoms with Crippen molar-refractivity contribution in [3.8, 4) is 0 Å². The highest BCUT2D eigenvalue weighted by Crippen LogP contribution is 2.26. The lowest BCUT2D eigenvalue weighted by atomic mass is 9.99. The van der Waals surface area contributed by atoms with Gasteiger partial charge in [0.05, 0.1) is 16.3 Å². The Balaban J connectivity index is 1.36. The molecule has 0 spiro atoms. The molecular weight excluding hydrogens is 440 g/mol. The second kappa shape index (κ2) is 10.9. The van der Waals surface area contributed by atoms with Gasteiger partial charge in [0.2, 0.25) is 15.9 Å². The van der Waals surface area contributed by atoms with Crippen LogP contribution >= 0.6 is 0 Å². The molecule has 0 aliphatic carbocycles. The summed E-state index contributed by atoms with van der Waals surface area (Å²) in [7, 11) is -3.70. The molecule has 0 unspecified atom stereocenters. The van der Waals surface area contributed by atoms with E-state index in [-0.39, 0.29) is 23.3 Å². The zero-order valence-corrected chi connectivity index (χ0v) is 20.4. The zero-order chi connectivity index (χ0) is 23.3. The molecule has 1 aromatic carbocycles. The van der Waals surface area contributed by atoms with Gasteiger partial charge in [-0.15, -0.1) is 5.10 Å². The number of fused-ring (bicyclic) bond motifs is 1. The second-order valence-electron chi connectivity index (χ2n) is 9.21. The fourth-order valence-corrected chi connectivity index (χ4v) is 6.40. The number of carbonyl (C=O) groups is 1. The summed E-state index contributed by atoms with van der Waals surface area (Å²) in [5.74, 6) is -0.352. The zero-order valence-electron chi connectivity index (χ0n) is 19.6. The molecular formula is C23H36N6O3S. The number of benzene rings is 1. The first-order chi connectivity index (χ1) is 16.0. The van der Waals surface area contributed by atoms with Gasteiger partial charge in [0.1, 0.15) is 5.52 Å². The number of nitrogens with one attached hydrogen (secondary N) is 1. The predicted molar refractivity (Wildman–Crippen MR) is 127 cm³/mol. The van der Waals surface area contributed by atoms with Crippen LogP contribution in [0.5, 0.6) is 0 Å². The van der Waals surface area contributed by atoms with E-state index < -0.39 is 10.0 Å². The molecule has 1 aromatic heterocycles. The highest BCUT2D eigenvalue weighted by molar-refractivity contribution is 7.89. The lowest BCUT2D eigenvalue weighted by Gasteiger charge is -2.31. The van der Waals surface area contributed by atoms with Crippen molar-refractivity contribution in [2.24, 2.45) is 5.92 Å². The number of sulfonamides is 1. The third-order valence-corrected chi connectivity index (χ3v) is 8.60. The van der Waals surface area contributed by atoms with Crippen LogP contribution in [0.15, 0.2) is 23.1 Å². The highest BCUT2D eigenvalue weighted by Gasteiger charge is 2.33. The normalized spacial score (nSPS) is 21.2. The van der Waals surface area contributed by atoms with E-state index >= 15 is 0 Å². The Bertz CT molecular complexity index is 1050. The SMILES string of the molecule is CCCn1nnc2cc(S(=O)(=O)N3CCC[C@H](C(=O)NCCN4CCCCCC4)C3)ccc21. The molecule has 2 fully saturated rings. The van der Waals surface area contributed by atoms with E-state index in [4.69, 9.17) is 0 Å². The average molecular weight is 477 g/mol. The van der Waals surface area contributed by atoms with E-state index in [2.05, 4.69) is 27.5 Å². The molecule has 2 aliphatic rings. The van der Waals surface area contributed by atoms with Crippen molar-refractivity contribution in [1.29, 1.82) is 0 Å².